The summed E-state index contributed by atoms with van der Waals surface area (Å²) in [5.74, 6) is 0.0526. The molecule has 1 aromatic carbocycles. The molecular formula is C16H27NO3S. The first kappa shape index (κ1) is 18.1. The fourth-order valence-corrected chi connectivity index (χ4v) is 3.80. The lowest BCUT2D eigenvalue weighted by Gasteiger charge is -2.25. The van der Waals surface area contributed by atoms with Crippen LogP contribution in [0.25, 0.3) is 0 Å². The first-order valence-electron chi connectivity index (χ1n) is 7.39. The highest BCUT2D eigenvalue weighted by Gasteiger charge is 2.22. The van der Waals surface area contributed by atoms with Gasteiger partial charge in [-0.25, -0.2) is 13.1 Å². The van der Waals surface area contributed by atoms with Gasteiger partial charge in [0.25, 0.3) is 0 Å². The van der Waals surface area contributed by atoms with E-state index in [0.717, 1.165) is 12.0 Å². The summed E-state index contributed by atoms with van der Waals surface area (Å²) in [5, 5.41) is 8.86. The highest BCUT2D eigenvalue weighted by Crippen LogP contribution is 2.22. The van der Waals surface area contributed by atoms with Crippen molar-refractivity contribution in [3.8, 4) is 0 Å². The molecule has 0 amide bonds. The van der Waals surface area contributed by atoms with E-state index in [2.05, 4.69) is 4.72 Å². The molecule has 1 atom stereocenters. The number of rotatable bonds is 9. The Morgan fingerprint density at radius 1 is 1.24 bits per heavy atom. The van der Waals surface area contributed by atoms with Crippen LogP contribution in [-0.4, -0.2) is 32.4 Å². The summed E-state index contributed by atoms with van der Waals surface area (Å²) in [6.45, 7) is 6.47. The Bertz CT molecular complexity index is 512. The third kappa shape index (κ3) is 7.07. The van der Waals surface area contributed by atoms with E-state index < -0.39 is 10.0 Å². The van der Waals surface area contributed by atoms with Gasteiger partial charge in [0.2, 0.25) is 10.0 Å². The molecule has 1 aromatic rings. The summed E-state index contributed by atoms with van der Waals surface area (Å²) in [6.07, 6.45) is 1.48. The maximum Gasteiger partial charge on any atom is 0.212 e. The maximum atomic E-state index is 12.2. The molecule has 4 nitrogen and oxygen atoms in total. The zero-order valence-corrected chi connectivity index (χ0v) is 14.0. The van der Waals surface area contributed by atoms with Crippen LogP contribution < -0.4 is 4.72 Å². The first-order chi connectivity index (χ1) is 9.76. The summed E-state index contributed by atoms with van der Waals surface area (Å²) in [6, 6.07) is 9.66. The Kier molecular flexibility index (Phi) is 6.84. The van der Waals surface area contributed by atoms with E-state index in [1.54, 1.807) is 0 Å². The average Bonchev–Trinajstić information content (AvgIpc) is 2.44. The van der Waals surface area contributed by atoms with Gasteiger partial charge in [-0.1, -0.05) is 51.1 Å². The highest BCUT2D eigenvalue weighted by atomic mass is 32.2. The summed E-state index contributed by atoms with van der Waals surface area (Å²) in [5.41, 5.74) is 0.883. The number of hydrogen-bond donors (Lipinski definition) is 2. The molecule has 1 rings (SSSR count). The van der Waals surface area contributed by atoms with Gasteiger partial charge in [0.05, 0.1) is 5.75 Å². The monoisotopic (exact) mass is 313 g/mol. The van der Waals surface area contributed by atoms with Crippen LogP contribution in [0.3, 0.4) is 0 Å². The van der Waals surface area contributed by atoms with Crippen molar-refractivity contribution >= 4 is 10.0 Å². The van der Waals surface area contributed by atoms with Crippen LogP contribution in [0.5, 0.6) is 0 Å². The van der Waals surface area contributed by atoms with Gasteiger partial charge >= 0.3 is 0 Å². The lowest BCUT2D eigenvalue weighted by molar-refractivity contribution is 0.242. The molecule has 0 spiro atoms. The molecule has 2 N–H and O–H groups in total. The Labute approximate surface area is 128 Å². The first-order valence-corrected chi connectivity index (χ1v) is 9.04. The normalized spacial score (nSPS) is 14.1. The van der Waals surface area contributed by atoms with Gasteiger partial charge < -0.3 is 5.11 Å². The van der Waals surface area contributed by atoms with E-state index in [1.807, 2.05) is 51.1 Å². The third-order valence-electron chi connectivity index (χ3n) is 3.62. The second kappa shape index (κ2) is 7.92. The second-order valence-corrected chi connectivity index (χ2v) is 8.26. The quantitative estimate of drug-likeness (QED) is 0.736. The van der Waals surface area contributed by atoms with Crippen molar-refractivity contribution in [1.29, 1.82) is 0 Å². The van der Waals surface area contributed by atoms with Crippen molar-refractivity contribution in [2.75, 3.05) is 18.9 Å². The van der Waals surface area contributed by atoms with Crippen LogP contribution in [0, 0.1) is 5.41 Å². The zero-order valence-electron chi connectivity index (χ0n) is 13.2. The number of sulfonamides is 1. The SMILES string of the molecule is CC(CS(=O)(=O)NCC(C)(C)CCCO)c1ccccc1. The molecular weight excluding hydrogens is 286 g/mol. The minimum Gasteiger partial charge on any atom is -0.396 e. The van der Waals surface area contributed by atoms with Crippen LogP contribution in [0.2, 0.25) is 0 Å². The van der Waals surface area contributed by atoms with Crippen molar-refractivity contribution in [1.82, 2.24) is 4.72 Å². The largest absolute Gasteiger partial charge is 0.396 e. The Morgan fingerprint density at radius 3 is 2.43 bits per heavy atom. The molecule has 5 heteroatoms. The number of nitrogens with one attached hydrogen (secondary N) is 1. The van der Waals surface area contributed by atoms with Crippen molar-refractivity contribution < 1.29 is 13.5 Å². The standard InChI is InChI=1S/C16H27NO3S/c1-14(15-8-5-4-6-9-15)12-21(19,20)17-13-16(2,3)10-7-11-18/h4-6,8-9,14,17-18H,7,10-13H2,1-3H3. The van der Waals surface area contributed by atoms with E-state index in [9.17, 15) is 8.42 Å². The van der Waals surface area contributed by atoms with Crippen molar-refractivity contribution in [2.24, 2.45) is 5.41 Å². The van der Waals surface area contributed by atoms with Crippen molar-refractivity contribution in [3.63, 3.8) is 0 Å². The molecule has 0 fully saturated rings. The average molecular weight is 313 g/mol. The molecule has 0 radical (unpaired) electrons. The molecule has 1 unspecified atom stereocenters. The Balaban J connectivity index is 2.54. The minimum absolute atomic E-state index is 0.0377. The zero-order chi connectivity index (χ0) is 15.9. The molecule has 0 aromatic heterocycles. The third-order valence-corrected chi connectivity index (χ3v) is 5.14. The summed E-state index contributed by atoms with van der Waals surface area (Å²) < 4.78 is 27.0. The van der Waals surface area contributed by atoms with Gasteiger partial charge in [0.15, 0.2) is 0 Å². The number of aliphatic hydroxyl groups excluding tert-OH is 1. The molecule has 21 heavy (non-hydrogen) atoms. The number of benzene rings is 1. The molecule has 0 aliphatic carbocycles. The summed E-state index contributed by atoms with van der Waals surface area (Å²) >= 11 is 0. The van der Waals surface area contributed by atoms with Gasteiger partial charge in [-0.15, -0.1) is 0 Å². The second-order valence-electron chi connectivity index (χ2n) is 6.41. The van der Waals surface area contributed by atoms with E-state index in [0.29, 0.717) is 13.0 Å². The molecule has 0 bridgehead atoms. The van der Waals surface area contributed by atoms with Crippen LogP contribution in [0.1, 0.15) is 45.1 Å². The summed E-state index contributed by atoms with van der Waals surface area (Å²) in [7, 11) is -3.30. The molecule has 0 heterocycles. The predicted octanol–water partition coefficient (Wildman–Crippen LogP) is 2.51. The number of hydrogen-bond acceptors (Lipinski definition) is 3. The van der Waals surface area contributed by atoms with E-state index >= 15 is 0 Å². The van der Waals surface area contributed by atoms with Gasteiger partial charge in [0, 0.05) is 13.2 Å². The molecule has 120 valence electrons. The lowest BCUT2D eigenvalue weighted by Crippen LogP contribution is -2.36. The van der Waals surface area contributed by atoms with Gasteiger partial charge in [0.1, 0.15) is 0 Å². The minimum atomic E-state index is -3.30. The van der Waals surface area contributed by atoms with Crippen LogP contribution in [0.15, 0.2) is 30.3 Å². The van der Waals surface area contributed by atoms with Crippen LogP contribution >= 0.6 is 0 Å². The van der Waals surface area contributed by atoms with Crippen molar-refractivity contribution in [3.05, 3.63) is 35.9 Å². The molecule has 0 aliphatic rings. The molecule has 0 saturated carbocycles. The van der Waals surface area contributed by atoms with E-state index in [1.165, 1.54) is 0 Å². The number of aliphatic hydroxyl groups is 1. The van der Waals surface area contributed by atoms with Crippen LogP contribution in [0.4, 0.5) is 0 Å². The van der Waals surface area contributed by atoms with Crippen LogP contribution in [-0.2, 0) is 10.0 Å². The Hall–Kier alpha value is -0.910. The topological polar surface area (TPSA) is 66.4 Å². The lowest BCUT2D eigenvalue weighted by atomic mass is 9.88. The smallest absolute Gasteiger partial charge is 0.212 e. The van der Waals surface area contributed by atoms with Gasteiger partial charge in [-0.05, 0) is 29.7 Å². The fourth-order valence-electron chi connectivity index (χ4n) is 2.22. The van der Waals surface area contributed by atoms with Gasteiger partial charge in [-0.3, -0.25) is 0 Å². The molecule has 0 saturated heterocycles. The van der Waals surface area contributed by atoms with E-state index in [-0.39, 0.29) is 23.7 Å². The van der Waals surface area contributed by atoms with Gasteiger partial charge in [-0.2, -0.15) is 0 Å². The fraction of sp³-hybridized carbons (Fsp3) is 0.625. The predicted molar refractivity (Wildman–Crippen MR) is 86.7 cm³/mol. The van der Waals surface area contributed by atoms with Crippen molar-refractivity contribution in [2.45, 2.75) is 39.5 Å². The maximum absolute atomic E-state index is 12.2. The Morgan fingerprint density at radius 2 is 1.86 bits per heavy atom. The highest BCUT2D eigenvalue weighted by molar-refractivity contribution is 7.89. The summed E-state index contributed by atoms with van der Waals surface area (Å²) in [4.78, 5) is 0. The van der Waals surface area contributed by atoms with E-state index in [4.69, 9.17) is 5.11 Å². The molecule has 0 aliphatic heterocycles.